The molecule has 1 aromatic carbocycles. The molecule has 0 radical (unpaired) electrons. The van der Waals surface area contributed by atoms with Crippen molar-refractivity contribution < 1.29 is 9.90 Å². The van der Waals surface area contributed by atoms with E-state index in [1.54, 1.807) is 24.4 Å². The lowest BCUT2D eigenvalue weighted by Gasteiger charge is -2.12. The average Bonchev–Trinajstić information content (AvgIpc) is 2.55. The number of carboxylic acids is 1. The average molecular weight is 324 g/mol. The van der Waals surface area contributed by atoms with Crippen LogP contribution in [0.15, 0.2) is 41.3 Å². The fraction of sp³-hybridized carbons (Fsp3) is 0.176. The first-order valence-electron chi connectivity index (χ1n) is 7.45. The number of hydrogen-bond donors (Lipinski definition) is 3. The molecule has 3 aromatic rings. The van der Waals surface area contributed by atoms with Gasteiger partial charge in [0.2, 0.25) is 0 Å². The minimum atomic E-state index is -0.993. The Kier molecular flexibility index (Phi) is 3.99. The second-order valence-corrected chi connectivity index (χ2v) is 5.66. The van der Waals surface area contributed by atoms with Crippen LogP contribution in [-0.2, 0) is 0 Å². The summed E-state index contributed by atoms with van der Waals surface area (Å²) in [5, 5.41) is 12.4. The summed E-state index contributed by atoms with van der Waals surface area (Å²) in [7, 11) is 0. The van der Waals surface area contributed by atoms with Gasteiger partial charge in [0.1, 0.15) is 17.0 Å². The van der Waals surface area contributed by atoms with E-state index in [4.69, 9.17) is 5.11 Å². The van der Waals surface area contributed by atoms with Gasteiger partial charge >= 0.3 is 5.97 Å². The van der Waals surface area contributed by atoms with Gasteiger partial charge in [-0.15, -0.1) is 0 Å². The quantitative estimate of drug-likeness (QED) is 0.681. The summed E-state index contributed by atoms with van der Waals surface area (Å²) in [6, 6.07) is 7.96. The third-order valence-electron chi connectivity index (χ3n) is 3.55. The second-order valence-electron chi connectivity index (χ2n) is 5.66. The number of benzene rings is 1. The smallest absolute Gasteiger partial charge is 0.335 e. The highest BCUT2D eigenvalue weighted by Crippen LogP contribution is 2.23. The molecule has 0 atom stereocenters. The normalized spacial score (nSPS) is 11.0. The highest BCUT2D eigenvalue weighted by Gasteiger charge is 2.13. The summed E-state index contributed by atoms with van der Waals surface area (Å²) in [5.41, 5.74) is 1.10. The monoisotopic (exact) mass is 324 g/mol. The molecule has 0 spiro atoms. The fourth-order valence-corrected chi connectivity index (χ4v) is 2.29. The van der Waals surface area contributed by atoms with Gasteiger partial charge in [-0.2, -0.15) is 0 Å². The second kappa shape index (κ2) is 6.11. The molecule has 2 heterocycles. The number of aromatic carboxylic acids is 1. The van der Waals surface area contributed by atoms with Gasteiger partial charge in [0.05, 0.1) is 11.1 Å². The summed E-state index contributed by atoms with van der Waals surface area (Å²) in [5.74, 6) is 0.127. The number of nitrogens with zero attached hydrogens (tertiary/aromatic N) is 2. The minimum Gasteiger partial charge on any atom is -0.478 e. The molecule has 0 unspecified atom stereocenters. The molecule has 0 bridgehead atoms. The predicted octanol–water partition coefficient (Wildman–Crippen LogP) is 2.88. The molecule has 3 rings (SSSR count). The van der Waals surface area contributed by atoms with E-state index in [-0.39, 0.29) is 17.0 Å². The Balaban J connectivity index is 2.10. The highest BCUT2D eigenvalue weighted by molar-refractivity contribution is 5.91. The Morgan fingerprint density at radius 3 is 2.50 bits per heavy atom. The molecule has 0 aliphatic heterocycles. The van der Waals surface area contributed by atoms with Crippen LogP contribution in [0.1, 0.15) is 35.9 Å². The molecule has 24 heavy (non-hydrogen) atoms. The van der Waals surface area contributed by atoms with Crippen LogP contribution in [0.25, 0.3) is 10.9 Å². The van der Waals surface area contributed by atoms with Gasteiger partial charge in [-0.05, 0) is 30.3 Å². The summed E-state index contributed by atoms with van der Waals surface area (Å²) in [6.07, 6.45) is 1.55. The van der Waals surface area contributed by atoms with Crippen molar-refractivity contribution in [1.29, 1.82) is 0 Å². The van der Waals surface area contributed by atoms with Gasteiger partial charge < -0.3 is 15.4 Å². The van der Waals surface area contributed by atoms with Crippen molar-refractivity contribution in [3.63, 3.8) is 0 Å². The van der Waals surface area contributed by atoms with E-state index in [0.29, 0.717) is 28.2 Å². The molecular formula is C17H16N4O3. The third kappa shape index (κ3) is 2.96. The number of carbonyl (C=O) groups is 1. The van der Waals surface area contributed by atoms with E-state index in [0.717, 1.165) is 0 Å². The first kappa shape index (κ1) is 15.7. The van der Waals surface area contributed by atoms with Crippen LogP contribution in [-0.4, -0.2) is 26.0 Å². The number of aromatic amines is 1. The van der Waals surface area contributed by atoms with Crippen LogP contribution in [0.2, 0.25) is 0 Å². The van der Waals surface area contributed by atoms with Crippen LogP contribution in [0.4, 0.5) is 11.5 Å². The molecule has 7 heteroatoms. The van der Waals surface area contributed by atoms with E-state index < -0.39 is 5.97 Å². The van der Waals surface area contributed by atoms with Gasteiger partial charge in [-0.25, -0.2) is 14.8 Å². The van der Waals surface area contributed by atoms with Crippen molar-refractivity contribution in [1.82, 2.24) is 15.0 Å². The Morgan fingerprint density at radius 2 is 1.88 bits per heavy atom. The minimum absolute atomic E-state index is 0.101. The van der Waals surface area contributed by atoms with Crippen LogP contribution in [0, 0.1) is 0 Å². The number of rotatable bonds is 4. The number of aromatic nitrogens is 3. The zero-order valence-electron chi connectivity index (χ0n) is 13.2. The topological polar surface area (TPSA) is 108 Å². The van der Waals surface area contributed by atoms with Crippen molar-refractivity contribution >= 4 is 28.4 Å². The predicted molar refractivity (Wildman–Crippen MR) is 90.9 cm³/mol. The van der Waals surface area contributed by atoms with Gasteiger partial charge in [0.25, 0.3) is 5.56 Å². The van der Waals surface area contributed by atoms with Crippen molar-refractivity contribution in [2.45, 2.75) is 19.8 Å². The van der Waals surface area contributed by atoms with E-state index in [1.807, 2.05) is 13.8 Å². The lowest BCUT2D eigenvalue weighted by atomic mass is 10.2. The van der Waals surface area contributed by atoms with Crippen LogP contribution >= 0.6 is 0 Å². The van der Waals surface area contributed by atoms with Crippen molar-refractivity contribution in [2.75, 3.05) is 5.32 Å². The third-order valence-corrected chi connectivity index (χ3v) is 3.55. The van der Waals surface area contributed by atoms with Crippen molar-refractivity contribution in [2.24, 2.45) is 0 Å². The summed E-state index contributed by atoms with van der Waals surface area (Å²) >= 11 is 0. The number of H-pyrrole nitrogens is 1. The van der Waals surface area contributed by atoms with E-state index in [9.17, 15) is 9.59 Å². The van der Waals surface area contributed by atoms with Crippen LogP contribution < -0.4 is 10.9 Å². The lowest BCUT2D eigenvalue weighted by Crippen LogP contribution is -2.12. The van der Waals surface area contributed by atoms with Gasteiger partial charge in [-0.3, -0.25) is 4.79 Å². The van der Waals surface area contributed by atoms with Crippen molar-refractivity contribution in [3.05, 3.63) is 58.3 Å². The molecule has 3 N–H and O–H groups in total. The van der Waals surface area contributed by atoms with Crippen LogP contribution in [0.5, 0.6) is 0 Å². The molecule has 0 amide bonds. The van der Waals surface area contributed by atoms with Gasteiger partial charge in [0, 0.05) is 17.8 Å². The first-order valence-corrected chi connectivity index (χ1v) is 7.45. The SMILES string of the molecule is CC(C)c1nc(Nc2ccc(C(=O)O)cc2)c2c(=O)[nH]ccc2n1. The molecule has 0 saturated heterocycles. The zero-order chi connectivity index (χ0) is 17.3. The zero-order valence-corrected chi connectivity index (χ0v) is 13.2. The van der Waals surface area contributed by atoms with E-state index >= 15 is 0 Å². The lowest BCUT2D eigenvalue weighted by molar-refractivity contribution is 0.0697. The number of carboxylic acid groups (broad SMARTS) is 1. The van der Waals surface area contributed by atoms with Gasteiger partial charge in [-0.1, -0.05) is 13.8 Å². The molecule has 7 nitrogen and oxygen atoms in total. The Labute approximate surface area is 137 Å². The maximum Gasteiger partial charge on any atom is 0.335 e. The molecule has 0 saturated carbocycles. The fourth-order valence-electron chi connectivity index (χ4n) is 2.29. The molecule has 122 valence electrons. The standard InChI is InChI=1S/C17H16N4O3/c1-9(2)14-20-12-7-8-18-16(22)13(12)15(21-14)19-11-5-3-10(4-6-11)17(23)24/h3-9H,1-2H3,(H,18,22)(H,23,24)(H,19,20,21). The Morgan fingerprint density at radius 1 is 1.17 bits per heavy atom. The maximum absolute atomic E-state index is 12.2. The number of pyridine rings is 1. The molecule has 0 aliphatic rings. The molecular weight excluding hydrogens is 308 g/mol. The number of nitrogens with one attached hydrogen (secondary N) is 2. The molecule has 2 aromatic heterocycles. The van der Waals surface area contributed by atoms with E-state index in [1.165, 1.54) is 12.1 Å². The van der Waals surface area contributed by atoms with E-state index in [2.05, 4.69) is 20.3 Å². The summed E-state index contributed by atoms with van der Waals surface area (Å²) < 4.78 is 0. The molecule has 0 aliphatic carbocycles. The summed E-state index contributed by atoms with van der Waals surface area (Å²) in [4.78, 5) is 34.6. The van der Waals surface area contributed by atoms with Gasteiger partial charge in [0.15, 0.2) is 0 Å². The highest BCUT2D eigenvalue weighted by atomic mass is 16.4. The first-order chi connectivity index (χ1) is 11.5. The van der Waals surface area contributed by atoms with Crippen LogP contribution in [0.3, 0.4) is 0 Å². The Hall–Kier alpha value is -3.22. The maximum atomic E-state index is 12.2. The molecule has 0 fully saturated rings. The largest absolute Gasteiger partial charge is 0.478 e. The number of anilines is 2. The number of fused-ring (bicyclic) bond motifs is 1. The van der Waals surface area contributed by atoms with Crippen molar-refractivity contribution in [3.8, 4) is 0 Å². The Bertz CT molecular complexity index is 962. The number of hydrogen-bond acceptors (Lipinski definition) is 5. The summed E-state index contributed by atoms with van der Waals surface area (Å²) in [6.45, 7) is 3.94.